The summed E-state index contributed by atoms with van der Waals surface area (Å²) in [5.41, 5.74) is 9.35. The Balaban J connectivity index is 2.49. The number of nitrogens with two attached hydrogens (primary N) is 1. The van der Waals surface area contributed by atoms with Gasteiger partial charge in [-0.1, -0.05) is 26.8 Å². The first-order valence-corrected chi connectivity index (χ1v) is 6.36. The summed E-state index contributed by atoms with van der Waals surface area (Å²) in [5, 5.41) is 0. The van der Waals surface area contributed by atoms with Crippen molar-refractivity contribution in [1.82, 2.24) is 0 Å². The van der Waals surface area contributed by atoms with Gasteiger partial charge in [-0.05, 0) is 41.5 Å². The lowest BCUT2D eigenvalue weighted by molar-refractivity contribution is 0.259. The summed E-state index contributed by atoms with van der Waals surface area (Å²) in [6.45, 7) is 6.81. The van der Waals surface area contributed by atoms with E-state index in [-0.39, 0.29) is 11.5 Å². The van der Waals surface area contributed by atoms with Gasteiger partial charge in [0.05, 0.1) is 7.11 Å². The average molecular weight is 233 g/mol. The molecule has 1 aromatic carbocycles. The monoisotopic (exact) mass is 233 g/mol. The van der Waals surface area contributed by atoms with Crippen LogP contribution in [-0.4, -0.2) is 13.2 Å². The van der Waals surface area contributed by atoms with Crippen molar-refractivity contribution in [3.05, 3.63) is 29.3 Å². The van der Waals surface area contributed by atoms with E-state index in [0.717, 1.165) is 18.6 Å². The maximum atomic E-state index is 6.33. The molecule has 2 nitrogen and oxygen atoms in total. The smallest absolute Gasteiger partial charge is 0.119 e. The molecule has 0 radical (unpaired) electrons. The summed E-state index contributed by atoms with van der Waals surface area (Å²) in [7, 11) is 1.72. The first kappa shape index (κ1) is 12.4. The number of ether oxygens (including phenoxy) is 1. The standard InChI is InChI=1S/C15H23NO/c1-15(2,3)14-12-9-11(17-4)7-5-10(12)6-8-13(14)16/h5,7,9,13-14H,6,8,16H2,1-4H3. The van der Waals surface area contributed by atoms with E-state index in [1.54, 1.807) is 7.11 Å². The van der Waals surface area contributed by atoms with E-state index >= 15 is 0 Å². The SMILES string of the molecule is COc1ccc2c(c1)C(C(C)(C)C)C(N)CC2. The van der Waals surface area contributed by atoms with E-state index in [1.165, 1.54) is 11.1 Å². The van der Waals surface area contributed by atoms with Crippen LogP contribution < -0.4 is 10.5 Å². The van der Waals surface area contributed by atoms with Gasteiger partial charge in [0, 0.05) is 12.0 Å². The molecule has 2 rings (SSSR count). The van der Waals surface area contributed by atoms with Crippen LogP contribution in [0.2, 0.25) is 0 Å². The zero-order valence-corrected chi connectivity index (χ0v) is 11.3. The van der Waals surface area contributed by atoms with Crippen LogP contribution in [0.1, 0.15) is 44.2 Å². The lowest BCUT2D eigenvalue weighted by atomic mass is 9.67. The fraction of sp³-hybridized carbons (Fsp3) is 0.600. The Labute approximate surface area is 104 Å². The molecule has 2 unspecified atom stereocenters. The van der Waals surface area contributed by atoms with Gasteiger partial charge in [0.15, 0.2) is 0 Å². The maximum absolute atomic E-state index is 6.33. The molecule has 17 heavy (non-hydrogen) atoms. The zero-order valence-electron chi connectivity index (χ0n) is 11.3. The van der Waals surface area contributed by atoms with Crippen LogP contribution in [0.4, 0.5) is 0 Å². The van der Waals surface area contributed by atoms with Crippen LogP contribution in [0, 0.1) is 5.41 Å². The second-order valence-corrected chi connectivity index (χ2v) is 6.11. The van der Waals surface area contributed by atoms with Gasteiger partial charge >= 0.3 is 0 Å². The van der Waals surface area contributed by atoms with Crippen molar-refractivity contribution in [3.63, 3.8) is 0 Å². The molecule has 2 atom stereocenters. The highest BCUT2D eigenvalue weighted by atomic mass is 16.5. The van der Waals surface area contributed by atoms with Gasteiger partial charge in [-0.3, -0.25) is 0 Å². The van der Waals surface area contributed by atoms with Gasteiger partial charge in [0.2, 0.25) is 0 Å². The Morgan fingerprint density at radius 3 is 2.59 bits per heavy atom. The van der Waals surface area contributed by atoms with Crippen molar-refractivity contribution < 1.29 is 4.74 Å². The second kappa shape index (κ2) is 4.34. The van der Waals surface area contributed by atoms with Crippen molar-refractivity contribution in [2.75, 3.05) is 7.11 Å². The molecule has 1 aliphatic rings. The molecule has 0 spiro atoms. The Bertz CT molecular complexity index is 406. The molecule has 2 heteroatoms. The number of methoxy groups -OCH3 is 1. The van der Waals surface area contributed by atoms with E-state index in [4.69, 9.17) is 10.5 Å². The lowest BCUT2D eigenvalue weighted by Crippen LogP contribution is -2.40. The highest BCUT2D eigenvalue weighted by Crippen LogP contribution is 2.43. The van der Waals surface area contributed by atoms with Gasteiger partial charge in [0.1, 0.15) is 5.75 Å². The van der Waals surface area contributed by atoms with Gasteiger partial charge in [-0.15, -0.1) is 0 Å². The molecule has 0 amide bonds. The van der Waals surface area contributed by atoms with Crippen LogP contribution in [0.5, 0.6) is 5.75 Å². The summed E-state index contributed by atoms with van der Waals surface area (Å²) in [5.74, 6) is 1.36. The molecule has 2 N–H and O–H groups in total. The molecule has 0 fully saturated rings. The molecule has 0 aliphatic heterocycles. The molecular formula is C15H23NO. The van der Waals surface area contributed by atoms with Crippen LogP contribution >= 0.6 is 0 Å². The van der Waals surface area contributed by atoms with Crippen molar-refractivity contribution in [2.24, 2.45) is 11.1 Å². The van der Waals surface area contributed by atoms with Crippen LogP contribution in [0.15, 0.2) is 18.2 Å². The van der Waals surface area contributed by atoms with E-state index in [9.17, 15) is 0 Å². The molecule has 0 aromatic heterocycles. The largest absolute Gasteiger partial charge is 0.497 e. The minimum atomic E-state index is 0.195. The summed E-state index contributed by atoms with van der Waals surface area (Å²) in [4.78, 5) is 0. The Kier molecular flexibility index (Phi) is 3.17. The summed E-state index contributed by atoms with van der Waals surface area (Å²) < 4.78 is 5.34. The van der Waals surface area contributed by atoms with Crippen LogP contribution in [-0.2, 0) is 6.42 Å². The molecule has 1 aliphatic carbocycles. The number of fused-ring (bicyclic) bond motifs is 1. The van der Waals surface area contributed by atoms with Crippen molar-refractivity contribution >= 4 is 0 Å². The first-order chi connectivity index (χ1) is 7.93. The number of hydrogen-bond acceptors (Lipinski definition) is 2. The summed E-state index contributed by atoms with van der Waals surface area (Å²) in [6.07, 6.45) is 2.17. The maximum Gasteiger partial charge on any atom is 0.119 e. The normalized spacial score (nSPS) is 24.3. The second-order valence-electron chi connectivity index (χ2n) is 6.11. The lowest BCUT2D eigenvalue weighted by Gasteiger charge is -2.40. The van der Waals surface area contributed by atoms with Crippen molar-refractivity contribution in [1.29, 1.82) is 0 Å². The van der Waals surface area contributed by atoms with Gasteiger partial charge in [0.25, 0.3) is 0 Å². The number of benzene rings is 1. The highest BCUT2D eigenvalue weighted by Gasteiger charge is 2.35. The fourth-order valence-electron chi connectivity index (χ4n) is 3.05. The fourth-order valence-corrected chi connectivity index (χ4v) is 3.05. The molecular weight excluding hydrogens is 210 g/mol. The Morgan fingerprint density at radius 2 is 2.00 bits per heavy atom. The van der Waals surface area contributed by atoms with Gasteiger partial charge < -0.3 is 10.5 Å². The summed E-state index contributed by atoms with van der Waals surface area (Å²) >= 11 is 0. The van der Waals surface area contributed by atoms with E-state index in [2.05, 4.69) is 39.0 Å². The highest BCUT2D eigenvalue weighted by molar-refractivity contribution is 5.41. The minimum absolute atomic E-state index is 0.195. The predicted molar refractivity (Wildman–Crippen MR) is 71.5 cm³/mol. The van der Waals surface area contributed by atoms with E-state index in [1.807, 2.05) is 0 Å². The third-order valence-electron chi connectivity index (χ3n) is 3.80. The number of rotatable bonds is 1. The van der Waals surface area contributed by atoms with Gasteiger partial charge in [-0.25, -0.2) is 0 Å². The zero-order chi connectivity index (χ0) is 12.6. The van der Waals surface area contributed by atoms with Crippen molar-refractivity contribution in [3.8, 4) is 5.75 Å². The third-order valence-corrected chi connectivity index (χ3v) is 3.80. The van der Waals surface area contributed by atoms with Crippen molar-refractivity contribution in [2.45, 2.75) is 45.6 Å². The molecule has 94 valence electrons. The molecule has 0 heterocycles. The third kappa shape index (κ3) is 2.32. The summed E-state index contributed by atoms with van der Waals surface area (Å²) in [6, 6.07) is 6.67. The Morgan fingerprint density at radius 1 is 1.29 bits per heavy atom. The molecule has 1 aromatic rings. The number of aryl methyl sites for hydroxylation is 1. The van der Waals surface area contributed by atoms with E-state index in [0.29, 0.717) is 5.92 Å². The average Bonchev–Trinajstić information content (AvgIpc) is 2.26. The topological polar surface area (TPSA) is 35.2 Å². The predicted octanol–water partition coefficient (Wildman–Crippen LogP) is 3.10. The van der Waals surface area contributed by atoms with Gasteiger partial charge in [-0.2, -0.15) is 0 Å². The van der Waals surface area contributed by atoms with E-state index < -0.39 is 0 Å². The first-order valence-electron chi connectivity index (χ1n) is 6.36. The number of hydrogen-bond donors (Lipinski definition) is 1. The molecule has 0 saturated heterocycles. The van der Waals surface area contributed by atoms with Crippen LogP contribution in [0.3, 0.4) is 0 Å². The molecule has 0 saturated carbocycles. The Hall–Kier alpha value is -1.02. The quantitative estimate of drug-likeness (QED) is 0.809. The minimum Gasteiger partial charge on any atom is -0.497 e. The van der Waals surface area contributed by atoms with Crippen LogP contribution in [0.25, 0.3) is 0 Å². The molecule has 0 bridgehead atoms.